The molecule has 0 spiro atoms. The summed E-state index contributed by atoms with van der Waals surface area (Å²) < 4.78 is 0. The summed E-state index contributed by atoms with van der Waals surface area (Å²) in [5.41, 5.74) is 2.70. The Bertz CT molecular complexity index is 875. The number of benzene rings is 1. The molecular formula is C19H20ClN5O. The molecule has 0 unspecified atom stereocenters. The van der Waals surface area contributed by atoms with Crippen LogP contribution in [0.1, 0.15) is 18.7 Å². The van der Waals surface area contributed by atoms with Gasteiger partial charge >= 0.3 is 6.03 Å². The fourth-order valence-corrected chi connectivity index (χ4v) is 3.56. The number of fused-ring (bicyclic) bond motifs is 1. The van der Waals surface area contributed by atoms with E-state index < -0.39 is 0 Å². The van der Waals surface area contributed by atoms with Gasteiger partial charge in [0.25, 0.3) is 0 Å². The average molecular weight is 370 g/mol. The molecule has 0 bridgehead atoms. The van der Waals surface area contributed by atoms with Crippen molar-refractivity contribution < 1.29 is 4.79 Å². The van der Waals surface area contributed by atoms with Crippen LogP contribution in [-0.4, -0.2) is 39.0 Å². The van der Waals surface area contributed by atoms with Crippen molar-refractivity contribution in [2.75, 3.05) is 18.4 Å². The Balaban J connectivity index is 1.38. The van der Waals surface area contributed by atoms with Gasteiger partial charge in [0.15, 0.2) is 0 Å². The van der Waals surface area contributed by atoms with E-state index in [2.05, 4.69) is 20.3 Å². The first kappa shape index (κ1) is 16.8. The summed E-state index contributed by atoms with van der Waals surface area (Å²) in [4.78, 5) is 26.4. The maximum Gasteiger partial charge on any atom is 0.321 e. The quantitative estimate of drug-likeness (QED) is 0.682. The van der Waals surface area contributed by atoms with Gasteiger partial charge in [0.2, 0.25) is 0 Å². The molecule has 2 aromatic heterocycles. The van der Waals surface area contributed by atoms with Crippen molar-refractivity contribution >= 4 is 34.4 Å². The molecule has 1 saturated heterocycles. The number of amides is 2. The van der Waals surface area contributed by atoms with Crippen LogP contribution in [-0.2, 0) is 6.42 Å². The van der Waals surface area contributed by atoms with Crippen LogP contribution in [0.2, 0.25) is 5.15 Å². The number of halogens is 1. The van der Waals surface area contributed by atoms with E-state index in [-0.39, 0.29) is 6.03 Å². The highest BCUT2D eigenvalue weighted by Gasteiger charge is 2.24. The molecule has 4 rings (SSSR count). The highest BCUT2D eigenvalue weighted by Crippen LogP contribution is 2.22. The van der Waals surface area contributed by atoms with Crippen molar-refractivity contribution in [2.45, 2.75) is 19.3 Å². The van der Waals surface area contributed by atoms with E-state index in [1.807, 2.05) is 29.2 Å². The first-order valence-corrected chi connectivity index (χ1v) is 9.16. The molecule has 1 aliphatic heterocycles. The number of pyridine rings is 1. The zero-order valence-corrected chi connectivity index (χ0v) is 15.0. The van der Waals surface area contributed by atoms with Crippen molar-refractivity contribution in [3.8, 4) is 0 Å². The van der Waals surface area contributed by atoms with Gasteiger partial charge in [-0.1, -0.05) is 23.7 Å². The third kappa shape index (κ3) is 3.80. The predicted octanol–water partition coefficient (Wildman–Crippen LogP) is 4.10. The van der Waals surface area contributed by atoms with Crippen molar-refractivity contribution in [1.29, 1.82) is 0 Å². The van der Waals surface area contributed by atoms with Gasteiger partial charge in [-0.3, -0.25) is 0 Å². The molecule has 1 aromatic carbocycles. The van der Waals surface area contributed by atoms with E-state index in [9.17, 15) is 4.79 Å². The van der Waals surface area contributed by atoms with Gasteiger partial charge in [0, 0.05) is 19.5 Å². The number of piperidine rings is 1. The molecule has 26 heavy (non-hydrogen) atoms. The summed E-state index contributed by atoms with van der Waals surface area (Å²) >= 11 is 5.78. The maximum atomic E-state index is 12.5. The lowest BCUT2D eigenvalue weighted by atomic mass is 9.95. The molecule has 1 atom stereocenters. The van der Waals surface area contributed by atoms with Crippen molar-refractivity contribution in [3.63, 3.8) is 0 Å². The third-order valence-corrected chi connectivity index (χ3v) is 4.93. The molecule has 3 aromatic rings. The van der Waals surface area contributed by atoms with Crippen molar-refractivity contribution in [1.82, 2.24) is 19.9 Å². The number of likely N-dealkylation sites (tertiary alicyclic amines) is 1. The van der Waals surface area contributed by atoms with Crippen LogP contribution in [0.4, 0.5) is 10.5 Å². The number of hydrogen-bond acceptors (Lipinski definition) is 3. The lowest BCUT2D eigenvalue weighted by molar-refractivity contribution is 0.176. The highest BCUT2D eigenvalue weighted by molar-refractivity contribution is 6.29. The van der Waals surface area contributed by atoms with E-state index >= 15 is 0 Å². The number of carbonyl (C=O) groups excluding carboxylic acids is 1. The highest BCUT2D eigenvalue weighted by atomic mass is 35.5. The first-order chi connectivity index (χ1) is 12.7. The largest absolute Gasteiger partial charge is 0.342 e. The Morgan fingerprint density at radius 2 is 2.19 bits per heavy atom. The van der Waals surface area contributed by atoms with Gasteiger partial charge in [0.1, 0.15) is 11.0 Å². The Morgan fingerprint density at radius 1 is 1.31 bits per heavy atom. The first-order valence-electron chi connectivity index (χ1n) is 8.78. The van der Waals surface area contributed by atoms with E-state index in [1.165, 1.54) is 0 Å². The van der Waals surface area contributed by atoms with Gasteiger partial charge in [-0.2, -0.15) is 0 Å². The standard InChI is InChI=1S/C19H20ClN5O/c20-17-8-7-14(11-21-17)22-19(26)25-9-3-4-13(12-25)10-18-23-15-5-1-2-6-16(15)24-18/h1-2,5-8,11,13H,3-4,9-10,12H2,(H,22,26)(H,23,24)/t13-/m1/s1. The summed E-state index contributed by atoms with van der Waals surface area (Å²) in [6, 6.07) is 11.4. The molecule has 1 fully saturated rings. The molecule has 0 radical (unpaired) electrons. The lowest BCUT2D eigenvalue weighted by Gasteiger charge is -2.32. The van der Waals surface area contributed by atoms with E-state index in [0.717, 1.165) is 49.2 Å². The van der Waals surface area contributed by atoms with Gasteiger partial charge in [0.05, 0.1) is 22.9 Å². The summed E-state index contributed by atoms with van der Waals surface area (Å²) in [7, 11) is 0. The Morgan fingerprint density at radius 3 is 3.00 bits per heavy atom. The molecule has 0 saturated carbocycles. The molecule has 0 aliphatic carbocycles. The molecule has 7 heteroatoms. The second-order valence-electron chi connectivity index (χ2n) is 6.66. The van der Waals surface area contributed by atoms with Crippen LogP contribution in [0, 0.1) is 5.92 Å². The third-order valence-electron chi connectivity index (χ3n) is 4.71. The number of nitrogens with zero attached hydrogens (tertiary/aromatic N) is 3. The Labute approximate surface area is 156 Å². The molecule has 3 heterocycles. The SMILES string of the molecule is O=C(Nc1ccc(Cl)nc1)N1CCC[C@H](Cc2nc3ccccc3[nH]2)C1. The van der Waals surface area contributed by atoms with Crippen LogP contribution in [0.3, 0.4) is 0 Å². The fraction of sp³-hybridized carbons (Fsp3) is 0.316. The van der Waals surface area contributed by atoms with Crippen LogP contribution >= 0.6 is 11.6 Å². The number of nitrogens with one attached hydrogen (secondary N) is 2. The van der Waals surface area contributed by atoms with Gasteiger partial charge in [-0.05, 0) is 43.0 Å². The molecular weight excluding hydrogens is 350 g/mol. The zero-order valence-electron chi connectivity index (χ0n) is 14.3. The molecule has 6 nitrogen and oxygen atoms in total. The normalized spacial score (nSPS) is 17.4. The number of aromatic amines is 1. The number of urea groups is 1. The monoisotopic (exact) mass is 369 g/mol. The number of para-hydroxylation sites is 2. The molecule has 2 amide bonds. The number of anilines is 1. The second kappa shape index (κ2) is 7.33. The minimum Gasteiger partial charge on any atom is -0.342 e. The number of H-pyrrole nitrogens is 1. The number of imidazole rings is 1. The summed E-state index contributed by atoms with van der Waals surface area (Å²) in [6.07, 6.45) is 4.51. The van der Waals surface area contributed by atoms with Crippen LogP contribution in [0.25, 0.3) is 11.0 Å². The number of aromatic nitrogens is 3. The summed E-state index contributed by atoms with van der Waals surface area (Å²) in [5, 5.41) is 3.30. The summed E-state index contributed by atoms with van der Waals surface area (Å²) in [6.45, 7) is 1.49. The fourth-order valence-electron chi connectivity index (χ4n) is 3.44. The molecule has 134 valence electrons. The maximum absolute atomic E-state index is 12.5. The van der Waals surface area contributed by atoms with Crippen LogP contribution in [0.15, 0.2) is 42.6 Å². The van der Waals surface area contributed by atoms with E-state index in [4.69, 9.17) is 11.6 Å². The van der Waals surface area contributed by atoms with Gasteiger partial charge in [-0.25, -0.2) is 14.8 Å². The van der Waals surface area contributed by atoms with Crippen LogP contribution < -0.4 is 5.32 Å². The number of carbonyl (C=O) groups is 1. The topological polar surface area (TPSA) is 73.9 Å². The predicted molar refractivity (Wildman–Crippen MR) is 102 cm³/mol. The van der Waals surface area contributed by atoms with Crippen molar-refractivity contribution in [2.24, 2.45) is 5.92 Å². The van der Waals surface area contributed by atoms with Crippen molar-refractivity contribution in [3.05, 3.63) is 53.6 Å². The minimum atomic E-state index is -0.0940. The molecule has 2 N–H and O–H groups in total. The second-order valence-corrected chi connectivity index (χ2v) is 7.05. The number of hydrogen-bond donors (Lipinski definition) is 2. The van der Waals surface area contributed by atoms with E-state index in [1.54, 1.807) is 18.3 Å². The van der Waals surface area contributed by atoms with Gasteiger partial charge in [-0.15, -0.1) is 0 Å². The lowest BCUT2D eigenvalue weighted by Crippen LogP contribution is -2.42. The van der Waals surface area contributed by atoms with Gasteiger partial charge < -0.3 is 15.2 Å². The zero-order chi connectivity index (χ0) is 17.9. The van der Waals surface area contributed by atoms with E-state index in [0.29, 0.717) is 16.8 Å². The Hall–Kier alpha value is -2.60. The summed E-state index contributed by atoms with van der Waals surface area (Å²) in [5.74, 6) is 1.39. The minimum absolute atomic E-state index is 0.0940. The number of rotatable bonds is 3. The molecule has 1 aliphatic rings. The average Bonchev–Trinajstić information content (AvgIpc) is 3.06. The smallest absolute Gasteiger partial charge is 0.321 e. The van der Waals surface area contributed by atoms with Crippen LogP contribution in [0.5, 0.6) is 0 Å². The Kier molecular flexibility index (Phi) is 4.75.